The van der Waals surface area contributed by atoms with Gasteiger partial charge in [0.2, 0.25) is 0 Å². The Morgan fingerprint density at radius 1 is 1.38 bits per heavy atom. The summed E-state index contributed by atoms with van der Waals surface area (Å²) >= 11 is 0. The fourth-order valence-corrected chi connectivity index (χ4v) is 0.799. The van der Waals surface area contributed by atoms with E-state index in [4.69, 9.17) is 5.11 Å². The van der Waals surface area contributed by atoms with Crippen LogP contribution in [0, 0.1) is 0 Å². The fraction of sp³-hybridized carbons (Fsp3) is 0.200. The van der Waals surface area contributed by atoms with E-state index >= 15 is 0 Å². The van der Waals surface area contributed by atoms with Crippen LogP contribution in [0.5, 0.6) is 5.75 Å². The number of nitrogens with zero attached hydrogens (tertiary/aromatic N) is 1. The monoisotopic (exact) mass is 177 g/mol. The summed E-state index contributed by atoms with van der Waals surface area (Å²) in [5.41, 5.74) is 0.867. The quantitative estimate of drug-likeness (QED) is 0.560. The van der Waals surface area contributed by atoms with Crippen LogP contribution in [0.4, 0.5) is 0 Å². The minimum absolute atomic E-state index is 0.223. The third kappa shape index (κ3) is 3.07. The Hall–Kier alpha value is -1.64. The Kier molecular flexibility index (Phi) is 3.20. The molecule has 0 heterocycles. The van der Waals surface area contributed by atoms with Gasteiger partial charge in [-0.15, -0.1) is 0 Å². The van der Waals surface area contributed by atoms with Gasteiger partial charge in [0.05, 0.1) is 0 Å². The lowest BCUT2D eigenvalue weighted by atomic mass is 10.2. The van der Waals surface area contributed by atoms with Gasteiger partial charge in [-0.1, -0.05) is 0 Å². The summed E-state index contributed by atoms with van der Waals surface area (Å²) in [6.07, 6.45) is 2.38. The van der Waals surface area contributed by atoms with Crippen molar-refractivity contribution < 1.29 is 9.90 Å². The lowest BCUT2D eigenvalue weighted by Gasteiger charge is -1.95. The highest BCUT2D eigenvalue weighted by molar-refractivity contribution is 5.81. The normalized spacial score (nSPS) is 13.0. The minimum Gasteiger partial charge on any atom is -0.508 e. The van der Waals surface area contributed by atoms with E-state index in [1.54, 1.807) is 37.4 Å². The summed E-state index contributed by atoms with van der Waals surface area (Å²) in [4.78, 5) is 14.2. The number of aldehydes is 1. The highest BCUT2D eigenvalue weighted by Crippen LogP contribution is 2.07. The van der Waals surface area contributed by atoms with Gasteiger partial charge in [0, 0.05) is 6.21 Å². The van der Waals surface area contributed by atoms with Crippen LogP contribution in [0.25, 0.3) is 0 Å². The first-order chi connectivity index (χ1) is 6.22. The largest absolute Gasteiger partial charge is 0.508 e. The molecule has 3 heteroatoms. The van der Waals surface area contributed by atoms with E-state index in [0.29, 0.717) is 0 Å². The molecule has 0 radical (unpaired) electrons. The summed E-state index contributed by atoms with van der Waals surface area (Å²) in [5.74, 6) is 0.223. The van der Waals surface area contributed by atoms with E-state index in [1.165, 1.54) is 0 Å². The van der Waals surface area contributed by atoms with Crippen LogP contribution in [0.2, 0.25) is 0 Å². The molecular formula is C10H11NO2. The molecule has 0 saturated carbocycles. The maximum Gasteiger partial charge on any atom is 0.144 e. The molecular weight excluding hydrogens is 166 g/mol. The van der Waals surface area contributed by atoms with Gasteiger partial charge in [0.15, 0.2) is 0 Å². The third-order valence-electron chi connectivity index (χ3n) is 1.55. The van der Waals surface area contributed by atoms with E-state index in [2.05, 4.69) is 4.99 Å². The molecule has 0 fully saturated rings. The van der Waals surface area contributed by atoms with E-state index in [1.807, 2.05) is 0 Å². The summed E-state index contributed by atoms with van der Waals surface area (Å²) in [6, 6.07) is 6.31. The van der Waals surface area contributed by atoms with Crippen LogP contribution in [0.3, 0.4) is 0 Å². The second-order valence-corrected chi connectivity index (χ2v) is 2.75. The van der Waals surface area contributed by atoms with Crippen LogP contribution in [0.15, 0.2) is 29.3 Å². The zero-order valence-corrected chi connectivity index (χ0v) is 7.34. The number of aliphatic imine (C=N–C) groups is 1. The Morgan fingerprint density at radius 3 is 2.54 bits per heavy atom. The van der Waals surface area contributed by atoms with Crippen LogP contribution >= 0.6 is 0 Å². The Labute approximate surface area is 76.7 Å². The molecule has 0 bridgehead atoms. The molecule has 68 valence electrons. The van der Waals surface area contributed by atoms with Gasteiger partial charge in [-0.05, 0) is 36.8 Å². The number of hydrogen-bond donors (Lipinski definition) is 1. The van der Waals surface area contributed by atoms with Crippen LogP contribution in [-0.4, -0.2) is 23.6 Å². The van der Waals surface area contributed by atoms with Gasteiger partial charge in [-0.25, -0.2) is 0 Å². The number of benzene rings is 1. The first kappa shape index (κ1) is 9.45. The lowest BCUT2D eigenvalue weighted by molar-refractivity contribution is -0.108. The number of carbonyl (C=O) groups is 1. The van der Waals surface area contributed by atoms with Crippen molar-refractivity contribution in [3.8, 4) is 5.75 Å². The number of phenolic OH excluding ortho intramolecular Hbond substituents is 1. The molecule has 1 atom stereocenters. The fourth-order valence-electron chi connectivity index (χ4n) is 0.799. The van der Waals surface area contributed by atoms with Crippen molar-refractivity contribution in [2.75, 3.05) is 0 Å². The maximum atomic E-state index is 10.2. The summed E-state index contributed by atoms with van der Waals surface area (Å²) in [5, 5.41) is 8.98. The first-order valence-electron chi connectivity index (χ1n) is 4.00. The van der Waals surface area contributed by atoms with Gasteiger partial charge < -0.3 is 9.90 Å². The van der Waals surface area contributed by atoms with Gasteiger partial charge in [0.25, 0.3) is 0 Å². The topological polar surface area (TPSA) is 49.7 Å². The molecule has 0 spiro atoms. The van der Waals surface area contributed by atoms with Gasteiger partial charge in [-0.3, -0.25) is 4.99 Å². The van der Waals surface area contributed by atoms with Crippen molar-refractivity contribution in [3.05, 3.63) is 29.8 Å². The number of aromatic hydroxyl groups is 1. The molecule has 0 aliphatic carbocycles. The molecule has 1 aromatic rings. The van der Waals surface area contributed by atoms with Crippen LogP contribution < -0.4 is 0 Å². The highest BCUT2D eigenvalue weighted by Gasteiger charge is 1.92. The Balaban J connectivity index is 2.69. The molecule has 0 saturated heterocycles. The molecule has 0 aliphatic heterocycles. The van der Waals surface area contributed by atoms with E-state index in [0.717, 1.165) is 11.8 Å². The summed E-state index contributed by atoms with van der Waals surface area (Å²) in [6.45, 7) is 1.71. The van der Waals surface area contributed by atoms with Crippen LogP contribution in [0.1, 0.15) is 12.5 Å². The smallest absolute Gasteiger partial charge is 0.144 e. The van der Waals surface area contributed by atoms with Crippen molar-refractivity contribution in [2.45, 2.75) is 13.0 Å². The van der Waals surface area contributed by atoms with Crippen molar-refractivity contribution in [1.82, 2.24) is 0 Å². The van der Waals surface area contributed by atoms with Gasteiger partial charge in [0.1, 0.15) is 18.1 Å². The Bertz CT molecular complexity index is 303. The van der Waals surface area contributed by atoms with Crippen molar-refractivity contribution in [1.29, 1.82) is 0 Å². The van der Waals surface area contributed by atoms with Crippen molar-refractivity contribution in [2.24, 2.45) is 4.99 Å². The predicted octanol–water partition coefficient (Wildman–Crippen LogP) is 1.40. The van der Waals surface area contributed by atoms with Gasteiger partial charge >= 0.3 is 0 Å². The summed E-state index contributed by atoms with van der Waals surface area (Å²) in [7, 11) is 0. The highest BCUT2D eigenvalue weighted by atomic mass is 16.3. The second kappa shape index (κ2) is 4.40. The molecule has 0 aromatic heterocycles. The second-order valence-electron chi connectivity index (χ2n) is 2.75. The molecule has 1 aromatic carbocycles. The minimum atomic E-state index is -0.311. The standard InChI is InChI=1S/C10H11NO2/c1-8(7-12)11-6-9-2-4-10(13)5-3-9/h2-8,13H,1H3. The molecule has 1 N–H and O–H groups in total. The summed E-state index contributed by atoms with van der Waals surface area (Å²) < 4.78 is 0. The van der Waals surface area contributed by atoms with Crippen molar-refractivity contribution in [3.63, 3.8) is 0 Å². The van der Waals surface area contributed by atoms with E-state index in [9.17, 15) is 4.79 Å². The molecule has 0 amide bonds. The predicted molar refractivity (Wildman–Crippen MR) is 51.2 cm³/mol. The van der Waals surface area contributed by atoms with Crippen LogP contribution in [-0.2, 0) is 4.79 Å². The van der Waals surface area contributed by atoms with Crippen molar-refractivity contribution >= 4 is 12.5 Å². The zero-order chi connectivity index (χ0) is 9.68. The Morgan fingerprint density at radius 2 is 2.00 bits per heavy atom. The molecule has 1 rings (SSSR count). The zero-order valence-electron chi connectivity index (χ0n) is 7.34. The third-order valence-corrected chi connectivity index (χ3v) is 1.55. The molecule has 0 aliphatic rings. The number of carbonyl (C=O) groups excluding carboxylic acids is 1. The SMILES string of the molecule is CC(C=O)N=Cc1ccc(O)cc1. The van der Waals surface area contributed by atoms with E-state index in [-0.39, 0.29) is 11.8 Å². The van der Waals surface area contributed by atoms with Gasteiger partial charge in [-0.2, -0.15) is 0 Å². The molecule has 3 nitrogen and oxygen atoms in total. The average Bonchev–Trinajstić information content (AvgIpc) is 2.16. The average molecular weight is 177 g/mol. The number of phenols is 1. The lowest BCUT2D eigenvalue weighted by Crippen LogP contribution is -1.98. The molecule has 1 unspecified atom stereocenters. The number of hydrogen-bond acceptors (Lipinski definition) is 3. The maximum absolute atomic E-state index is 10.2. The van der Waals surface area contributed by atoms with E-state index < -0.39 is 0 Å². The first-order valence-corrected chi connectivity index (χ1v) is 4.00. The molecule has 13 heavy (non-hydrogen) atoms. The number of rotatable bonds is 3.